The van der Waals surface area contributed by atoms with Crippen molar-refractivity contribution in [2.24, 2.45) is 0 Å². The predicted octanol–water partition coefficient (Wildman–Crippen LogP) is 11.4. The van der Waals surface area contributed by atoms with E-state index in [4.69, 9.17) is 0 Å². The molecule has 7 aromatic carbocycles. The van der Waals surface area contributed by atoms with Crippen molar-refractivity contribution < 1.29 is 0 Å². The normalized spacial score (nSPS) is 16.9. The first-order valence-electron chi connectivity index (χ1n) is 21.6. The Kier molecular flexibility index (Phi) is 7.89. The summed E-state index contributed by atoms with van der Waals surface area (Å²) >= 11 is 0. The Morgan fingerprint density at radius 3 is 2.07 bits per heavy atom. The van der Waals surface area contributed by atoms with Gasteiger partial charge in [0.15, 0.2) is 8.07 Å². The molecule has 0 saturated carbocycles. The lowest BCUT2D eigenvalue weighted by Gasteiger charge is -2.35. The van der Waals surface area contributed by atoms with Gasteiger partial charge < -0.3 is 9.47 Å². The van der Waals surface area contributed by atoms with Gasteiger partial charge >= 0.3 is 0 Å². The van der Waals surface area contributed by atoms with Crippen molar-refractivity contribution in [3.63, 3.8) is 0 Å². The number of aryl methyl sites for hydroxylation is 1. The zero-order valence-corrected chi connectivity index (χ0v) is 35.1. The molecule has 1 unspecified atom stereocenters. The Hall–Kier alpha value is -6.68. The van der Waals surface area contributed by atoms with Crippen LogP contribution in [0.1, 0.15) is 60.6 Å². The van der Waals surface area contributed by atoms with Gasteiger partial charge in [-0.15, -0.1) is 0 Å². The van der Waals surface area contributed by atoms with E-state index in [1.807, 2.05) is 0 Å². The molecule has 8 aromatic rings. The molecule has 12 rings (SSSR count). The van der Waals surface area contributed by atoms with Gasteiger partial charge in [-0.1, -0.05) is 166 Å². The zero-order chi connectivity index (χ0) is 40.0. The number of para-hydroxylation sites is 1. The van der Waals surface area contributed by atoms with Gasteiger partial charge in [0, 0.05) is 45.2 Å². The molecule has 60 heavy (non-hydrogen) atoms. The van der Waals surface area contributed by atoms with Crippen LogP contribution in [0.25, 0.3) is 33.8 Å². The highest BCUT2D eigenvalue weighted by Gasteiger charge is 2.44. The molecule has 0 spiro atoms. The number of rotatable bonds is 6. The predicted molar refractivity (Wildman–Crippen MR) is 255 cm³/mol. The van der Waals surface area contributed by atoms with Crippen molar-refractivity contribution in [1.82, 2.24) is 4.57 Å². The smallest absolute Gasteiger partial charge is 0.179 e. The van der Waals surface area contributed by atoms with E-state index >= 15 is 0 Å². The van der Waals surface area contributed by atoms with Crippen LogP contribution in [-0.2, 0) is 11.8 Å². The fraction of sp³-hybridized carbons (Fsp3) is 0.123. The minimum atomic E-state index is -2.94. The molecule has 0 radical (unpaired) electrons. The highest BCUT2D eigenvalue weighted by Crippen LogP contribution is 2.54. The average Bonchev–Trinajstić information content (AvgIpc) is 3.90. The Balaban J connectivity index is 1.12. The highest BCUT2D eigenvalue weighted by molar-refractivity contribution is 7.20. The molecule has 0 saturated heterocycles. The van der Waals surface area contributed by atoms with Crippen LogP contribution in [0.15, 0.2) is 200 Å². The van der Waals surface area contributed by atoms with Crippen LogP contribution < -0.4 is 25.6 Å². The molecule has 0 fully saturated rings. The van der Waals surface area contributed by atoms with Gasteiger partial charge in [-0.05, 0) is 122 Å². The van der Waals surface area contributed by atoms with E-state index in [9.17, 15) is 0 Å². The summed E-state index contributed by atoms with van der Waals surface area (Å²) in [4.78, 5) is 2.53. The quantitative estimate of drug-likeness (QED) is 0.120. The number of nitrogens with zero attached hydrogens (tertiary/aromatic N) is 2. The lowest BCUT2D eigenvalue weighted by molar-refractivity contribution is 0.665. The summed E-state index contributed by atoms with van der Waals surface area (Å²) in [5, 5.41) is 6.97. The molecule has 1 aromatic heterocycles. The number of benzene rings is 7. The maximum absolute atomic E-state index is 2.94. The third-order valence-corrected chi connectivity index (χ3v) is 18.8. The molecule has 3 heteroatoms. The number of allylic oxidation sites excluding steroid dienone is 5. The topological polar surface area (TPSA) is 8.17 Å². The maximum atomic E-state index is 2.59. The van der Waals surface area contributed by atoms with Gasteiger partial charge in [0.05, 0.1) is 5.52 Å². The van der Waals surface area contributed by atoms with Crippen LogP contribution in [0.5, 0.6) is 0 Å². The molecule has 288 valence electrons. The maximum Gasteiger partial charge on any atom is 0.179 e. The largest absolute Gasteiger partial charge is 0.313 e. The first-order valence-corrected chi connectivity index (χ1v) is 23.6. The molecule has 1 aliphatic heterocycles. The summed E-state index contributed by atoms with van der Waals surface area (Å²) in [6.07, 6.45) is 14.8. The monoisotopic (exact) mass is 786 g/mol. The molecule has 1 atom stereocenters. The number of hydrogen-bond donors (Lipinski definition) is 0. The Bertz CT molecular complexity index is 3050. The summed E-state index contributed by atoms with van der Waals surface area (Å²) in [5.41, 5.74) is 16.2. The summed E-state index contributed by atoms with van der Waals surface area (Å²) in [6.45, 7) is 4.86. The molecular formula is C57H46N2Si. The first-order chi connectivity index (χ1) is 29.5. The molecule has 2 nitrogen and oxygen atoms in total. The number of hydrogen-bond acceptors (Lipinski definition) is 1. The minimum Gasteiger partial charge on any atom is -0.313 e. The summed E-state index contributed by atoms with van der Waals surface area (Å²) in [7, 11) is -2.94. The van der Waals surface area contributed by atoms with Crippen molar-refractivity contribution in [1.29, 1.82) is 0 Å². The summed E-state index contributed by atoms with van der Waals surface area (Å²) < 4.78 is 2.59. The second-order valence-corrected chi connectivity index (χ2v) is 21.3. The van der Waals surface area contributed by atoms with E-state index in [0.717, 1.165) is 19.3 Å². The molecular weight excluding hydrogens is 741 g/mol. The van der Waals surface area contributed by atoms with E-state index in [-0.39, 0.29) is 5.41 Å². The fourth-order valence-electron chi connectivity index (χ4n) is 11.5. The number of aromatic nitrogens is 1. The van der Waals surface area contributed by atoms with Crippen LogP contribution >= 0.6 is 0 Å². The lowest BCUT2D eigenvalue weighted by atomic mass is 9.79. The Labute approximate surface area is 354 Å². The van der Waals surface area contributed by atoms with Crippen molar-refractivity contribution in [3.8, 4) is 16.8 Å². The minimum absolute atomic E-state index is 0.0953. The second-order valence-electron chi connectivity index (χ2n) is 17.5. The third kappa shape index (κ3) is 4.93. The van der Waals surface area contributed by atoms with Gasteiger partial charge in [0.1, 0.15) is 0 Å². The summed E-state index contributed by atoms with van der Waals surface area (Å²) in [5.74, 6) is 0.340. The molecule has 0 N–H and O–H groups in total. The number of fused-ring (bicyclic) bond motifs is 10. The Morgan fingerprint density at radius 1 is 0.600 bits per heavy atom. The van der Waals surface area contributed by atoms with Crippen LogP contribution in [-0.4, -0.2) is 12.6 Å². The third-order valence-electron chi connectivity index (χ3n) is 14.1. The zero-order valence-electron chi connectivity index (χ0n) is 34.1. The van der Waals surface area contributed by atoms with Gasteiger partial charge in [-0.25, -0.2) is 0 Å². The molecule has 2 heterocycles. The molecule has 4 aliphatic rings. The van der Waals surface area contributed by atoms with Crippen molar-refractivity contribution >= 4 is 57.2 Å². The second kappa shape index (κ2) is 13.4. The van der Waals surface area contributed by atoms with Gasteiger partial charge in [-0.3, -0.25) is 0 Å². The van der Waals surface area contributed by atoms with E-state index in [2.05, 4.69) is 224 Å². The van der Waals surface area contributed by atoms with Crippen LogP contribution in [0, 0.1) is 0 Å². The number of anilines is 2. The lowest BCUT2D eigenvalue weighted by Crippen LogP contribution is -2.74. The van der Waals surface area contributed by atoms with Crippen LogP contribution in [0.3, 0.4) is 0 Å². The highest BCUT2D eigenvalue weighted by atomic mass is 28.3. The fourth-order valence-corrected chi connectivity index (χ4v) is 16.3. The van der Waals surface area contributed by atoms with Crippen molar-refractivity contribution in [2.75, 3.05) is 4.90 Å². The molecule has 3 aliphatic carbocycles. The van der Waals surface area contributed by atoms with Gasteiger partial charge in [-0.2, -0.15) is 0 Å². The van der Waals surface area contributed by atoms with Crippen LogP contribution in [0.4, 0.5) is 11.4 Å². The molecule has 0 amide bonds. The van der Waals surface area contributed by atoms with E-state index in [0.29, 0.717) is 5.92 Å². The van der Waals surface area contributed by atoms with E-state index in [1.165, 1.54) is 93.5 Å². The first kappa shape index (κ1) is 35.3. The standard InChI is InChI=1S/C57H46N2Si/c1-57(2)50-30-15-12-27-45(50)48-35-36-53-55(56(48)57)49-29-14-17-32-52(49)59(53)40-21-18-26-43(37-40)60(41-22-8-4-9-23-41,42-24-10-5-11-25-42)44-33-34-47-46-28-13-16-31-51(46)58(54(47)38-44)39-19-6-3-7-20-39/h3-13,15-27,30-38,46H,14,28-29H2,1-2H3. The molecule has 0 bridgehead atoms. The van der Waals surface area contributed by atoms with Gasteiger partial charge in [0.25, 0.3) is 0 Å². The van der Waals surface area contributed by atoms with E-state index < -0.39 is 8.07 Å². The van der Waals surface area contributed by atoms with E-state index in [1.54, 1.807) is 0 Å². The van der Waals surface area contributed by atoms with Crippen molar-refractivity contribution in [3.05, 3.63) is 228 Å². The Morgan fingerprint density at radius 2 is 1.28 bits per heavy atom. The van der Waals surface area contributed by atoms with Crippen LogP contribution in [0.2, 0.25) is 0 Å². The average molecular weight is 787 g/mol. The van der Waals surface area contributed by atoms with Crippen molar-refractivity contribution in [2.45, 2.75) is 44.4 Å². The SMILES string of the molecule is CC1(C)c2ccccc2-c2ccc3c(c4c(n3-c3cccc([Si](c5ccccc5)(c5ccccc5)c5ccc6c(c5)N(c5ccccc5)C5=CC=CCC56)c3)C=CCC4)c21. The summed E-state index contributed by atoms with van der Waals surface area (Å²) in [6, 6.07) is 64.8. The van der Waals surface area contributed by atoms with Gasteiger partial charge in [0.2, 0.25) is 0 Å².